The van der Waals surface area contributed by atoms with Crippen molar-refractivity contribution >= 4 is 11.6 Å². The van der Waals surface area contributed by atoms with Crippen LogP contribution in [0.25, 0.3) is 0 Å². The van der Waals surface area contributed by atoms with Crippen molar-refractivity contribution in [1.29, 1.82) is 0 Å². The van der Waals surface area contributed by atoms with Crippen LogP contribution in [0.3, 0.4) is 0 Å². The van der Waals surface area contributed by atoms with Crippen molar-refractivity contribution < 1.29 is 14.3 Å². The Hall–Kier alpha value is -2.38. The zero-order chi connectivity index (χ0) is 17.8. The molecule has 1 atom stereocenters. The number of amides is 1. The Morgan fingerprint density at radius 2 is 2.23 bits per heavy atom. The van der Waals surface area contributed by atoms with Crippen molar-refractivity contribution in [3.8, 4) is 5.75 Å². The van der Waals surface area contributed by atoms with Gasteiger partial charge in [0.05, 0.1) is 6.10 Å². The summed E-state index contributed by atoms with van der Waals surface area (Å²) in [6.45, 7) is 4.03. The van der Waals surface area contributed by atoms with E-state index in [4.69, 9.17) is 9.47 Å². The molecule has 0 spiro atoms. The number of hydrogen-bond donors (Lipinski definition) is 2. The van der Waals surface area contributed by atoms with Crippen molar-refractivity contribution in [2.75, 3.05) is 31.6 Å². The first-order chi connectivity index (χ1) is 12.8. The van der Waals surface area contributed by atoms with E-state index in [9.17, 15) is 4.79 Å². The zero-order valence-corrected chi connectivity index (χ0v) is 14.7. The SMILES string of the molecule is O=C(Nc1ccc(OCC2CCCO2)cc1)c1cn2c(n1)CCNCC2. The second-order valence-corrected chi connectivity index (χ2v) is 6.66. The number of imidazole rings is 1. The minimum atomic E-state index is -0.188. The molecular weight excluding hydrogens is 332 g/mol. The van der Waals surface area contributed by atoms with Gasteiger partial charge in [-0.3, -0.25) is 4.79 Å². The molecule has 2 aromatic rings. The Morgan fingerprint density at radius 1 is 1.35 bits per heavy atom. The highest BCUT2D eigenvalue weighted by Gasteiger charge is 2.17. The second kappa shape index (κ2) is 7.88. The average Bonchev–Trinajstić information content (AvgIpc) is 3.27. The maximum atomic E-state index is 12.5. The van der Waals surface area contributed by atoms with Crippen LogP contribution < -0.4 is 15.4 Å². The first kappa shape index (κ1) is 17.1. The summed E-state index contributed by atoms with van der Waals surface area (Å²) < 4.78 is 13.3. The highest BCUT2D eigenvalue weighted by molar-refractivity contribution is 6.02. The maximum Gasteiger partial charge on any atom is 0.275 e. The van der Waals surface area contributed by atoms with Crippen LogP contribution in [-0.2, 0) is 17.7 Å². The third kappa shape index (κ3) is 4.05. The monoisotopic (exact) mass is 356 g/mol. The molecule has 4 rings (SSSR count). The van der Waals surface area contributed by atoms with E-state index in [1.807, 2.05) is 30.5 Å². The fraction of sp³-hybridized carbons (Fsp3) is 0.474. The number of nitrogens with one attached hydrogen (secondary N) is 2. The summed E-state index contributed by atoms with van der Waals surface area (Å²) in [5.74, 6) is 1.55. The van der Waals surface area contributed by atoms with E-state index in [1.165, 1.54) is 0 Å². The molecule has 0 radical (unpaired) electrons. The normalized spacial score (nSPS) is 19.6. The number of hydrogen-bond acceptors (Lipinski definition) is 5. The van der Waals surface area contributed by atoms with Crippen LogP contribution >= 0.6 is 0 Å². The van der Waals surface area contributed by atoms with E-state index < -0.39 is 0 Å². The summed E-state index contributed by atoms with van der Waals surface area (Å²) in [4.78, 5) is 16.9. The molecule has 1 fully saturated rings. The molecule has 26 heavy (non-hydrogen) atoms. The zero-order valence-electron chi connectivity index (χ0n) is 14.7. The van der Waals surface area contributed by atoms with Gasteiger partial charge in [-0.25, -0.2) is 4.98 Å². The Labute approximate surface area is 152 Å². The Bertz CT molecular complexity index is 727. The summed E-state index contributed by atoms with van der Waals surface area (Å²) in [5.41, 5.74) is 1.19. The number of rotatable bonds is 5. The van der Waals surface area contributed by atoms with E-state index >= 15 is 0 Å². The van der Waals surface area contributed by atoms with E-state index in [0.29, 0.717) is 12.3 Å². The minimum absolute atomic E-state index is 0.188. The van der Waals surface area contributed by atoms with Crippen LogP contribution in [0.2, 0.25) is 0 Å². The molecule has 2 aliphatic heterocycles. The molecule has 1 amide bonds. The molecule has 1 saturated heterocycles. The van der Waals surface area contributed by atoms with Gasteiger partial charge in [-0.1, -0.05) is 0 Å². The van der Waals surface area contributed by atoms with Gasteiger partial charge in [0.2, 0.25) is 0 Å². The van der Waals surface area contributed by atoms with Crippen LogP contribution in [-0.4, -0.2) is 47.9 Å². The fourth-order valence-electron chi connectivity index (χ4n) is 3.28. The minimum Gasteiger partial charge on any atom is -0.491 e. The summed E-state index contributed by atoms with van der Waals surface area (Å²) in [5, 5.41) is 6.22. The van der Waals surface area contributed by atoms with Gasteiger partial charge in [0.1, 0.15) is 23.9 Å². The molecule has 1 aromatic carbocycles. The molecule has 2 aliphatic rings. The largest absolute Gasteiger partial charge is 0.491 e. The number of ether oxygens (including phenoxy) is 2. The predicted molar refractivity (Wildman–Crippen MR) is 97.7 cm³/mol. The lowest BCUT2D eigenvalue weighted by molar-refractivity contribution is 0.0679. The van der Waals surface area contributed by atoms with E-state index in [2.05, 4.69) is 20.2 Å². The Balaban J connectivity index is 1.34. The van der Waals surface area contributed by atoms with Crippen molar-refractivity contribution in [3.05, 3.63) is 42.0 Å². The lowest BCUT2D eigenvalue weighted by Crippen LogP contribution is -2.18. The summed E-state index contributed by atoms with van der Waals surface area (Å²) >= 11 is 0. The topological polar surface area (TPSA) is 77.4 Å². The van der Waals surface area contributed by atoms with Crippen LogP contribution in [0.5, 0.6) is 5.75 Å². The summed E-state index contributed by atoms with van der Waals surface area (Å²) in [6.07, 6.45) is 5.02. The first-order valence-corrected chi connectivity index (χ1v) is 9.20. The summed E-state index contributed by atoms with van der Waals surface area (Å²) in [7, 11) is 0. The average molecular weight is 356 g/mol. The van der Waals surface area contributed by atoms with E-state index in [1.54, 1.807) is 0 Å². The third-order valence-electron chi connectivity index (χ3n) is 4.72. The highest BCUT2D eigenvalue weighted by Crippen LogP contribution is 2.19. The maximum absolute atomic E-state index is 12.5. The summed E-state index contributed by atoms with van der Waals surface area (Å²) in [6, 6.07) is 7.40. The van der Waals surface area contributed by atoms with Crippen LogP contribution in [0, 0.1) is 0 Å². The highest BCUT2D eigenvalue weighted by atomic mass is 16.5. The molecule has 0 saturated carbocycles. The van der Waals surface area contributed by atoms with E-state index in [-0.39, 0.29) is 12.0 Å². The Kier molecular flexibility index (Phi) is 5.17. The molecule has 7 nitrogen and oxygen atoms in total. The quantitative estimate of drug-likeness (QED) is 0.855. The van der Waals surface area contributed by atoms with Gasteiger partial charge in [-0.15, -0.1) is 0 Å². The second-order valence-electron chi connectivity index (χ2n) is 6.66. The molecular formula is C19H24N4O3. The smallest absolute Gasteiger partial charge is 0.275 e. The molecule has 1 unspecified atom stereocenters. The molecule has 3 heterocycles. The standard InChI is InChI=1S/C19H24N4O3/c24-19(17-12-23-10-9-20-8-7-18(23)22-17)21-14-3-5-15(6-4-14)26-13-16-2-1-11-25-16/h3-6,12,16,20H,1-2,7-11,13H2,(H,21,24). The van der Waals surface area contributed by atoms with Crippen molar-refractivity contribution in [2.45, 2.75) is 31.9 Å². The molecule has 7 heteroatoms. The number of carbonyl (C=O) groups is 1. The molecule has 1 aromatic heterocycles. The lowest BCUT2D eigenvalue weighted by atomic mass is 10.2. The van der Waals surface area contributed by atoms with Gasteiger partial charge in [-0.2, -0.15) is 0 Å². The van der Waals surface area contributed by atoms with Gasteiger partial charge in [0.15, 0.2) is 0 Å². The number of carbonyl (C=O) groups excluding carboxylic acids is 1. The van der Waals surface area contributed by atoms with Crippen molar-refractivity contribution in [2.24, 2.45) is 0 Å². The molecule has 138 valence electrons. The van der Waals surface area contributed by atoms with Crippen LogP contribution in [0.4, 0.5) is 5.69 Å². The fourth-order valence-corrected chi connectivity index (χ4v) is 3.28. The van der Waals surface area contributed by atoms with Crippen molar-refractivity contribution in [3.63, 3.8) is 0 Å². The van der Waals surface area contributed by atoms with Gasteiger partial charge in [0, 0.05) is 44.5 Å². The third-order valence-corrected chi connectivity index (χ3v) is 4.72. The number of fused-ring (bicyclic) bond motifs is 1. The number of benzene rings is 1. The number of aromatic nitrogens is 2. The van der Waals surface area contributed by atoms with Crippen LogP contribution in [0.1, 0.15) is 29.2 Å². The van der Waals surface area contributed by atoms with Crippen molar-refractivity contribution in [1.82, 2.24) is 14.9 Å². The molecule has 0 bridgehead atoms. The van der Waals surface area contributed by atoms with Gasteiger partial charge < -0.3 is 24.7 Å². The molecule has 0 aliphatic carbocycles. The number of anilines is 1. The van der Waals surface area contributed by atoms with Gasteiger partial charge in [-0.05, 0) is 37.1 Å². The van der Waals surface area contributed by atoms with Crippen LogP contribution in [0.15, 0.2) is 30.5 Å². The van der Waals surface area contributed by atoms with E-state index in [0.717, 1.165) is 62.8 Å². The lowest BCUT2D eigenvalue weighted by Gasteiger charge is -2.11. The predicted octanol–water partition coefficient (Wildman–Crippen LogP) is 1.84. The molecule has 2 N–H and O–H groups in total. The first-order valence-electron chi connectivity index (χ1n) is 9.20. The number of nitrogens with zero attached hydrogens (tertiary/aromatic N) is 2. The van der Waals surface area contributed by atoms with Gasteiger partial charge >= 0.3 is 0 Å². The van der Waals surface area contributed by atoms with Gasteiger partial charge in [0.25, 0.3) is 5.91 Å². The Morgan fingerprint density at radius 3 is 3.04 bits per heavy atom.